The average molecular weight is 537 g/mol. The molecule has 6 heteroatoms. The molecule has 1 N–H and O–H groups in total. The van der Waals surface area contributed by atoms with Gasteiger partial charge >= 0.3 is 0 Å². The molecule has 41 heavy (non-hydrogen) atoms. The number of aryl methyl sites for hydroxylation is 1. The fourth-order valence-corrected chi connectivity index (χ4v) is 5.69. The molecule has 5 aromatic rings. The van der Waals surface area contributed by atoms with Gasteiger partial charge in [-0.15, -0.1) is 0 Å². The highest BCUT2D eigenvalue weighted by atomic mass is 15.4. The van der Waals surface area contributed by atoms with Crippen LogP contribution in [0.1, 0.15) is 49.2 Å². The third kappa shape index (κ3) is 4.32. The van der Waals surface area contributed by atoms with Crippen LogP contribution < -0.4 is 10.2 Å². The fourth-order valence-electron chi connectivity index (χ4n) is 5.69. The van der Waals surface area contributed by atoms with Crippen molar-refractivity contribution in [3.05, 3.63) is 132 Å². The third-order valence-corrected chi connectivity index (χ3v) is 7.77. The largest absolute Gasteiger partial charge is 0.337 e. The lowest BCUT2D eigenvalue weighted by Crippen LogP contribution is -2.46. The van der Waals surface area contributed by atoms with Crippen LogP contribution in [0.5, 0.6) is 0 Å². The molecule has 2 aliphatic heterocycles. The summed E-state index contributed by atoms with van der Waals surface area (Å²) in [4.78, 5) is 12.7. The van der Waals surface area contributed by atoms with E-state index in [0.717, 1.165) is 45.7 Å². The van der Waals surface area contributed by atoms with Gasteiger partial charge in [0.15, 0.2) is 17.5 Å². The monoisotopic (exact) mass is 536 g/mol. The summed E-state index contributed by atoms with van der Waals surface area (Å²) >= 11 is 0. The summed E-state index contributed by atoms with van der Waals surface area (Å²) in [6.07, 6.45) is 0. The number of fused-ring (bicyclic) bond motifs is 4. The highest BCUT2D eigenvalue weighted by Crippen LogP contribution is 2.48. The van der Waals surface area contributed by atoms with E-state index in [0.29, 0.717) is 5.84 Å². The van der Waals surface area contributed by atoms with E-state index in [-0.39, 0.29) is 11.5 Å². The van der Waals surface area contributed by atoms with E-state index in [1.807, 2.05) is 59.3 Å². The van der Waals surface area contributed by atoms with Crippen molar-refractivity contribution >= 4 is 34.6 Å². The van der Waals surface area contributed by atoms with E-state index in [1.165, 1.54) is 11.1 Å². The van der Waals surface area contributed by atoms with Crippen molar-refractivity contribution in [1.29, 1.82) is 0 Å². The van der Waals surface area contributed by atoms with E-state index in [9.17, 15) is 0 Å². The SMILES string of the molecule is Cc1nn(-c2ccccc2)c2c1C(c1ccc(C(C)(C)C)cc1)N1C(=N2)C(Nc2ccccc2)=Nc2ccccc21. The van der Waals surface area contributed by atoms with Gasteiger partial charge in [0.25, 0.3) is 0 Å². The van der Waals surface area contributed by atoms with Crippen LogP contribution in [-0.4, -0.2) is 21.5 Å². The molecular weight excluding hydrogens is 504 g/mol. The summed E-state index contributed by atoms with van der Waals surface area (Å²) in [6.45, 7) is 8.83. The first-order chi connectivity index (χ1) is 19.9. The lowest BCUT2D eigenvalue weighted by Gasteiger charge is -2.40. The van der Waals surface area contributed by atoms with E-state index in [2.05, 4.69) is 92.5 Å². The minimum absolute atomic E-state index is 0.0636. The van der Waals surface area contributed by atoms with Gasteiger partial charge in [0.05, 0.1) is 28.8 Å². The molecule has 202 valence electrons. The summed E-state index contributed by atoms with van der Waals surface area (Å²) in [5, 5.41) is 8.61. The first-order valence-corrected chi connectivity index (χ1v) is 14.0. The molecule has 0 spiro atoms. The van der Waals surface area contributed by atoms with Crippen LogP contribution in [0, 0.1) is 6.92 Å². The minimum atomic E-state index is -0.145. The fraction of sp³-hybridized carbons (Fsp3) is 0.171. The van der Waals surface area contributed by atoms with Crippen molar-refractivity contribution < 1.29 is 0 Å². The van der Waals surface area contributed by atoms with Crippen molar-refractivity contribution in [2.24, 2.45) is 9.98 Å². The molecule has 0 amide bonds. The quantitative estimate of drug-likeness (QED) is 0.252. The number of hydrogen-bond acceptors (Lipinski definition) is 5. The van der Waals surface area contributed by atoms with Crippen LogP contribution >= 0.6 is 0 Å². The van der Waals surface area contributed by atoms with Crippen molar-refractivity contribution in [2.75, 3.05) is 10.2 Å². The first kappa shape index (κ1) is 25.0. The first-order valence-electron chi connectivity index (χ1n) is 14.0. The second-order valence-electron chi connectivity index (χ2n) is 11.6. The summed E-state index contributed by atoms with van der Waals surface area (Å²) in [7, 11) is 0. The van der Waals surface area contributed by atoms with Gasteiger partial charge in [0, 0.05) is 11.3 Å². The van der Waals surface area contributed by atoms with Crippen molar-refractivity contribution in [1.82, 2.24) is 9.78 Å². The van der Waals surface area contributed by atoms with Crippen LogP contribution in [0.25, 0.3) is 5.69 Å². The van der Waals surface area contributed by atoms with Crippen LogP contribution in [0.15, 0.2) is 119 Å². The van der Waals surface area contributed by atoms with Crippen molar-refractivity contribution in [2.45, 2.75) is 39.2 Å². The zero-order valence-corrected chi connectivity index (χ0v) is 23.7. The minimum Gasteiger partial charge on any atom is -0.337 e. The molecule has 1 unspecified atom stereocenters. The molecule has 6 nitrogen and oxygen atoms in total. The Morgan fingerprint density at radius 2 is 1.39 bits per heavy atom. The highest BCUT2D eigenvalue weighted by molar-refractivity contribution is 6.51. The zero-order valence-electron chi connectivity index (χ0n) is 23.7. The number of para-hydroxylation sites is 4. The number of rotatable bonds is 3. The number of amidine groups is 2. The molecule has 0 radical (unpaired) electrons. The van der Waals surface area contributed by atoms with Gasteiger partial charge in [0.1, 0.15) is 0 Å². The number of hydrogen-bond donors (Lipinski definition) is 1. The van der Waals surface area contributed by atoms with Gasteiger partial charge in [-0.25, -0.2) is 14.7 Å². The predicted molar refractivity (Wildman–Crippen MR) is 168 cm³/mol. The molecule has 4 aromatic carbocycles. The molecule has 0 aliphatic carbocycles. The maximum atomic E-state index is 5.32. The van der Waals surface area contributed by atoms with Crippen molar-refractivity contribution in [3.8, 4) is 5.69 Å². The maximum absolute atomic E-state index is 5.32. The van der Waals surface area contributed by atoms with Crippen LogP contribution in [0.4, 0.5) is 22.9 Å². The Kier molecular flexibility index (Phi) is 5.86. The van der Waals surface area contributed by atoms with E-state index in [1.54, 1.807) is 0 Å². The topological polar surface area (TPSA) is 57.8 Å². The lowest BCUT2D eigenvalue weighted by atomic mass is 9.85. The third-order valence-electron chi connectivity index (χ3n) is 7.77. The van der Waals surface area contributed by atoms with Gasteiger partial charge in [0.2, 0.25) is 0 Å². The Balaban J connectivity index is 1.48. The lowest BCUT2D eigenvalue weighted by molar-refractivity contribution is 0.589. The standard InChI is InChI=1S/C35H32N6/c1-23-30-31(24-19-21-25(22-20-24)35(2,3)4)40-29-18-12-11-17-28(29)37-32(36-26-13-7-5-8-14-26)34(40)38-33(30)41(39-23)27-15-9-6-10-16-27/h5-22,31H,1-4H3,(H,36,37). The normalized spacial score (nSPS) is 15.8. The Labute approximate surface area is 240 Å². The van der Waals surface area contributed by atoms with Crippen LogP contribution in [0.3, 0.4) is 0 Å². The Bertz CT molecular complexity index is 1790. The second-order valence-corrected chi connectivity index (χ2v) is 11.6. The number of aromatic nitrogens is 2. The molecule has 7 rings (SSSR count). The molecule has 1 aromatic heterocycles. The molecule has 1 atom stereocenters. The zero-order chi connectivity index (χ0) is 28.1. The molecule has 0 fully saturated rings. The number of aliphatic imine (C=N–C) groups is 2. The molecular formula is C35H32N6. The number of nitrogens with zero attached hydrogens (tertiary/aromatic N) is 5. The second kappa shape index (κ2) is 9.59. The number of benzene rings is 4. The van der Waals surface area contributed by atoms with Gasteiger partial charge in [-0.2, -0.15) is 5.10 Å². The predicted octanol–water partition coefficient (Wildman–Crippen LogP) is 8.27. The van der Waals surface area contributed by atoms with Crippen molar-refractivity contribution in [3.63, 3.8) is 0 Å². The smallest absolute Gasteiger partial charge is 0.179 e. The summed E-state index contributed by atoms with van der Waals surface area (Å²) in [6, 6.07) is 37.5. The Morgan fingerprint density at radius 1 is 0.732 bits per heavy atom. The summed E-state index contributed by atoms with van der Waals surface area (Å²) < 4.78 is 1.96. The number of anilines is 2. The molecule has 0 saturated heterocycles. The average Bonchev–Trinajstić information content (AvgIpc) is 3.32. The Morgan fingerprint density at radius 3 is 2.10 bits per heavy atom. The number of nitrogens with one attached hydrogen (secondary N) is 1. The van der Waals surface area contributed by atoms with Crippen LogP contribution in [-0.2, 0) is 5.41 Å². The van der Waals surface area contributed by atoms with Gasteiger partial charge in [-0.3, -0.25) is 0 Å². The maximum Gasteiger partial charge on any atom is 0.179 e. The summed E-state index contributed by atoms with van der Waals surface area (Å²) in [5.74, 6) is 2.30. The molecule has 0 bridgehead atoms. The van der Waals surface area contributed by atoms with E-state index < -0.39 is 0 Å². The molecule has 3 heterocycles. The van der Waals surface area contributed by atoms with E-state index >= 15 is 0 Å². The van der Waals surface area contributed by atoms with Gasteiger partial charge < -0.3 is 10.2 Å². The van der Waals surface area contributed by atoms with Crippen LogP contribution in [0.2, 0.25) is 0 Å². The molecule has 0 saturated carbocycles. The van der Waals surface area contributed by atoms with Gasteiger partial charge in [-0.1, -0.05) is 93.6 Å². The van der Waals surface area contributed by atoms with E-state index in [4.69, 9.17) is 15.1 Å². The molecule has 2 aliphatic rings. The van der Waals surface area contributed by atoms with Gasteiger partial charge in [-0.05, 0) is 59.9 Å². The Hall–Kier alpha value is -4.97. The summed E-state index contributed by atoms with van der Waals surface area (Å²) in [5.41, 5.74) is 8.44. The highest BCUT2D eigenvalue weighted by Gasteiger charge is 2.41.